The first-order valence-corrected chi connectivity index (χ1v) is 9.15. The van der Waals surface area contributed by atoms with E-state index in [0.717, 1.165) is 13.0 Å². The molecule has 0 amide bonds. The van der Waals surface area contributed by atoms with Gasteiger partial charge in [-0.2, -0.15) is 0 Å². The van der Waals surface area contributed by atoms with E-state index in [1.54, 1.807) is 0 Å². The molecule has 0 radical (unpaired) electrons. The van der Waals surface area contributed by atoms with E-state index in [9.17, 15) is 0 Å². The second-order valence-corrected chi connectivity index (χ2v) is 6.42. The Hall–Kier alpha value is -0.860. The van der Waals surface area contributed by atoms with Crippen LogP contribution in [0.15, 0.2) is 30.3 Å². The van der Waals surface area contributed by atoms with Crippen LogP contribution in [0, 0.1) is 5.92 Å². The normalized spacial score (nSPS) is 14.0. The topological polar surface area (TPSA) is 35.2 Å². The van der Waals surface area contributed by atoms with Gasteiger partial charge >= 0.3 is 0 Å². The molecule has 1 aromatic rings. The third-order valence-corrected chi connectivity index (χ3v) is 4.37. The van der Waals surface area contributed by atoms with Gasteiger partial charge in [-0.25, -0.2) is 0 Å². The minimum atomic E-state index is 0.291. The molecule has 1 aromatic carbocycles. The van der Waals surface area contributed by atoms with Crippen LogP contribution in [0.1, 0.15) is 70.8 Å². The highest BCUT2D eigenvalue weighted by Crippen LogP contribution is 2.18. The van der Waals surface area contributed by atoms with Crippen molar-refractivity contribution < 1.29 is 4.74 Å². The first-order chi connectivity index (χ1) is 10.8. The van der Waals surface area contributed by atoms with E-state index in [1.165, 1.54) is 50.5 Å². The second-order valence-electron chi connectivity index (χ2n) is 6.42. The van der Waals surface area contributed by atoms with Crippen LogP contribution in [0.25, 0.3) is 0 Å². The first kappa shape index (κ1) is 19.2. The monoisotopic (exact) mass is 305 g/mol. The van der Waals surface area contributed by atoms with Gasteiger partial charge in [0.2, 0.25) is 0 Å². The summed E-state index contributed by atoms with van der Waals surface area (Å²) in [5, 5.41) is 0. The molecule has 0 saturated carbocycles. The Morgan fingerprint density at radius 2 is 1.64 bits per heavy atom. The van der Waals surface area contributed by atoms with Crippen molar-refractivity contribution in [2.75, 3.05) is 6.61 Å². The molecule has 0 aliphatic carbocycles. The van der Waals surface area contributed by atoms with Crippen LogP contribution in [-0.2, 0) is 11.3 Å². The number of benzene rings is 1. The fourth-order valence-corrected chi connectivity index (χ4v) is 2.83. The van der Waals surface area contributed by atoms with Crippen LogP contribution < -0.4 is 5.73 Å². The number of ether oxygens (including phenoxy) is 1. The van der Waals surface area contributed by atoms with Gasteiger partial charge in [-0.05, 0) is 24.3 Å². The van der Waals surface area contributed by atoms with Gasteiger partial charge in [0.15, 0.2) is 0 Å². The van der Waals surface area contributed by atoms with Gasteiger partial charge in [-0.15, -0.1) is 0 Å². The van der Waals surface area contributed by atoms with Crippen molar-refractivity contribution in [1.82, 2.24) is 0 Å². The van der Waals surface area contributed by atoms with Crippen LogP contribution in [0.3, 0.4) is 0 Å². The van der Waals surface area contributed by atoms with E-state index in [2.05, 4.69) is 38.1 Å². The quantitative estimate of drug-likeness (QED) is 0.501. The van der Waals surface area contributed by atoms with Crippen LogP contribution in [0.2, 0.25) is 0 Å². The molecule has 1 rings (SSSR count). The number of hydrogen-bond donors (Lipinski definition) is 1. The molecule has 22 heavy (non-hydrogen) atoms. The summed E-state index contributed by atoms with van der Waals surface area (Å²) in [5.41, 5.74) is 7.68. The Balaban J connectivity index is 2.32. The molecule has 0 heterocycles. The molecule has 0 spiro atoms. The lowest BCUT2D eigenvalue weighted by Crippen LogP contribution is -2.33. The molecule has 0 aliphatic rings. The van der Waals surface area contributed by atoms with E-state index in [0.29, 0.717) is 18.6 Å². The molecule has 2 N–H and O–H groups in total. The van der Waals surface area contributed by atoms with Crippen LogP contribution in [0.4, 0.5) is 0 Å². The van der Waals surface area contributed by atoms with Crippen molar-refractivity contribution in [2.24, 2.45) is 11.7 Å². The summed E-state index contributed by atoms with van der Waals surface area (Å²) >= 11 is 0. The Morgan fingerprint density at radius 3 is 2.32 bits per heavy atom. The summed E-state index contributed by atoms with van der Waals surface area (Å²) < 4.78 is 5.95. The van der Waals surface area contributed by atoms with Gasteiger partial charge in [0, 0.05) is 6.04 Å². The van der Waals surface area contributed by atoms with Crippen molar-refractivity contribution in [3.63, 3.8) is 0 Å². The average molecular weight is 306 g/mol. The highest BCUT2D eigenvalue weighted by Gasteiger charge is 2.17. The average Bonchev–Trinajstić information content (AvgIpc) is 2.55. The van der Waals surface area contributed by atoms with E-state index >= 15 is 0 Å². The second kappa shape index (κ2) is 12.7. The standard InChI is InChI=1S/C20H35NO/c1-3-5-7-11-15-20(21)19(14-6-4-2)17-22-16-18-12-9-8-10-13-18/h8-10,12-13,19-20H,3-7,11,14-17,21H2,1-2H3/t19-,20+/m0/s1. The van der Waals surface area contributed by atoms with Crippen molar-refractivity contribution in [3.05, 3.63) is 35.9 Å². The fourth-order valence-electron chi connectivity index (χ4n) is 2.83. The summed E-state index contributed by atoms with van der Waals surface area (Å²) in [5.74, 6) is 0.505. The molecule has 0 bridgehead atoms. The maximum atomic E-state index is 6.44. The van der Waals surface area contributed by atoms with Gasteiger partial charge in [-0.1, -0.05) is 82.7 Å². The maximum Gasteiger partial charge on any atom is 0.0717 e. The number of nitrogens with two attached hydrogens (primary N) is 1. The largest absolute Gasteiger partial charge is 0.376 e. The van der Waals surface area contributed by atoms with Gasteiger partial charge in [0.05, 0.1) is 13.2 Å². The summed E-state index contributed by atoms with van der Waals surface area (Å²) in [6, 6.07) is 10.7. The smallest absolute Gasteiger partial charge is 0.0717 e. The molecule has 126 valence electrons. The maximum absolute atomic E-state index is 6.44. The lowest BCUT2D eigenvalue weighted by molar-refractivity contribution is 0.0727. The van der Waals surface area contributed by atoms with Crippen molar-refractivity contribution in [2.45, 2.75) is 77.9 Å². The first-order valence-electron chi connectivity index (χ1n) is 9.15. The SMILES string of the molecule is CCCCCC[C@@H](N)[C@@H](CCCC)COCc1ccccc1. The zero-order chi connectivity index (χ0) is 16.0. The molecule has 2 heteroatoms. The lowest BCUT2D eigenvalue weighted by atomic mass is 9.91. The summed E-state index contributed by atoms with van der Waals surface area (Å²) in [6.45, 7) is 5.99. The Labute approximate surface area is 137 Å². The van der Waals surface area contributed by atoms with Crippen molar-refractivity contribution >= 4 is 0 Å². The van der Waals surface area contributed by atoms with Crippen LogP contribution in [0.5, 0.6) is 0 Å². The zero-order valence-corrected chi connectivity index (χ0v) is 14.6. The van der Waals surface area contributed by atoms with Gasteiger partial charge in [-0.3, -0.25) is 0 Å². The predicted molar refractivity (Wildman–Crippen MR) is 95.8 cm³/mol. The zero-order valence-electron chi connectivity index (χ0n) is 14.6. The van der Waals surface area contributed by atoms with E-state index in [-0.39, 0.29) is 0 Å². The number of rotatable bonds is 13. The molecular weight excluding hydrogens is 270 g/mol. The highest BCUT2D eigenvalue weighted by molar-refractivity contribution is 5.13. The number of unbranched alkanes of at least 4 members (excludes halogenated alkanes) is 4. The highest BCUT2D eigenvalue weighted by atomic mass is 16.5. The predicted octanol–water partition coefficient (Wildman–Crippen LogP) is 5.31. The Morgan fingerprint density at radius 1 is 0.909 bits per heavy atom. The summed E-state index contributed by atoms with van der Waals surface area (Å²) in [4.78, 5) is 0. The molecule has 0 fully saturated rings. The lowest BCUT2D eigenvalue weighted by Gasteiger charge is -2.24. The minimum Gasteiger partial charge on any atom is -0.376 e. The van der Waals surface area contributed by atoms with Gasteiger partial charge in [0.1, 0.15) is 0 Å². The molecule has 0 saturated heterocycles. The molecule has 2 atom stereocenters. The van der Waals surface area contributed by atoms with Gasteiger partial charge in [0.25, 0.3) is 0 Å². The van der Waals surface area contributed by atoms with E-state index in [1.807, 2.05) is 6.07 Å². The summed E-state index contributed by atoms with van der Waals surface area (Å²) in [7, 11) is 0. The molecular formula is C20H35NO. The molecule has 0 aliphatic heterocycles. The molecule has 0 aromatic heterocycles. The minimum absolute atomic E-state index is 0.291. The van der Waals surface area contributed by atoms with Crippen LogP contribution in [-0.4, -0.2) is 12.6 Å². The third kappa shape index (κ3) is 8.55. The summed E-state index contributed by atoms with van der Waals surface area (Å²) in [6.07, 6.45) is 10.0. The molecule has 0 unspecified atom stereocenters. The van der Waals surface area contributed by atoms with Crippen molar-refractivity contribution in [3.8, 4) is 0 Å². The van der Waals surface area contributed by atoms with Crippen LogP contribution >= 0.6 is 0 Å². The van der Waals surface area contributed by atoms with E-state index < -0.39 is 0 Å². The van der Waals surface area contributed by atoms with Gasteiger partial charge < -0.3 is 10.5 Å². The Kier molecular flexibility index (Phi) is 11.0. The third-order valence-electron chi connectivity index (χ3n) is 4.37. The van der Waals surface area contributed by atoms with E-state index in [4.69, 9.17) is 10.5 Å². The molecule has 2 nitrogen and oxygen atoms in total. The fraction of sp³-hybridized carbons (Fsp3) is 0.700. The number of hydrogen-bond acceptors (Lipinski definition) is 2. The Bertz CT molecular complexity index is 352. The van der Waals surface area contributed by atoms with Crippen molar-refractivity contribution in [1.29, 1.82) is 0 Å².